The van der Waals surface area contributed by atoms with E-state index in [1.807, 2.05) is 0 Å². The molecule has 1 amide bonds. The monoisotopic (exact) mass is 475 g/mol. The Morgan fingerprint density at radius 1 is 1.19 bits per heavy atom. The third-order valence-electron chi connectivity index (χ3n) is 5.20. The number of sulfonamides is 1. The molecule has 12 heteroatoms. The van der Waals surface area contributed by atoms with E-state index in [4.69, 9.17) is 0 Å². The maximum Gasteiger partial charge on any atom is 0.315 e. The summed E-state index contributed by atoms with van der Waals surface area (Å²) in [6.45, 7) is -1.85. The summed E-state index contributed by atoms with van der Waals surface area (Å²) in [6, 6.07) is 7.55. The quantitative estimate of drug-likeness (QED) is 0.569. The number of pyridine rings is 1. The van der Waals surface area contributed by atoms with Crippen molar-refractivity contribution in [3.63, 3.8) is 0 Å². The van der Waals surface area contributed by atoms with Crippen molar-refractivity contribution in [1.29, 1.82) is 0 Å². The van der Waals surface area contributed by atoms with Gasteiger partial charge < -0.3 is 10.4 Å². The van der Waals surface area contributed by atoms with Gasteiger partial charge in [-0.15, -0.1) is 0 Å². The summed E-state index contributed by atoms with van der Waals surface area (Å²) in [5.74, 6) is -1.67. The van der Waals surface area contributed by atoms with Crippen molar-refractivity contribution in [3.8, 4) is 11.1 Å². The molecule has 0 bridgehead atoms. The number of halogens is 4. The van der Waals surface area contributed by atoms with Gasteiger partial charge in [0, 0.05) is 11.8 Å². The predicted molar refractivity (Wildman–Crippen MR) is 108 cm³/mol. The lowest BCUT2D eigenvalue weighted by Crippen LogP contribution is -2.58. The average Bonchev–Trinajstić information content (AvgIpc) is 2.74. The number of nitrogens with zero attached hydrogens (tertiary/aromatic N) is 2. The van der Waals surface area contributed by atoms with E-state index in [0.29, 0.717) is 11.1 Å². The fourth-order valence-corrected chi connectivity index (χ4v) is 4.17. The van der Waals surface area contributed by atoms with Crippen LogP contribution in [0.5, 0.6) is 0 Å². The third kappa shape index (κ3) is 5.08. The van der Waals surface area contributed by atoms with Gasteiger partial charge >= 0.3 is 6.43 Å². The highest BCUT2D eigenvalue weighted by molar-refractivity contribution is 7.88. The molecule has 0 aliphatic carbocycles. The van der Waals surface area contributed by atoms with Crippen molar-refractivity contribution in [1.82, 2.24) is 14.6 Å². The molecule has 7 nitrogen and oxygen atoms in total. The van der Waals surface area contributed by atoms with E-state index >= 15 is 0 Å². The van der Waals surface area contributed by atoms with E-state index in [9.17, 15) is 35.9 Å². The van der Waals surface area contributed by atoms with E-state index < -0.39 is 46.8 Å². The van der Waals surface area contributed by atoms with Crippen LogP contribution in [0.25, 0.3) is 11.1 Å². The van der Waals surface area contributed by atoms with Crippen molar-refractivity contribution in [2.45, 2.75) is 24.2 Å². The summed E-state index contributed by atoms with van der Waals surface area (Å²) >= 11 is 0. The molecular weight excluding hydrogens is 454 g/mol. The lowest BCUT2D eigenvalue weighted by molar-refractivity contribution is -0.133. The maximum atomic E-state index is 14.8. The first-order valence-electron chi connectivity index (χ1n) is 9.48. The van der Waals surface area contributed by atoms with Gasteiger partial charge in [-0.05, 0) is 17.2 Å². The first kappa shape index (κ1) is 24.1. The molecule has 2 aromatic rings. The minimum atomic E-state index is -3.47. The largest absolute Gasteiger partial charge is 0.386 e. The first-order chi connectivity index (χ1) is 14.9. The van der Waals surface area contributed by atoms with Crippen LogP contribution in [-0.2, 0) is 20.5 Å². The van der Waals surface area contributed by atoms with Gasteiger partial charge in [0.05, 0.1) is 31.1 Å². The Labute approximate surface area is 182 Å². The molecule has 174 valence electrons. The molecule has 0 spiro atoms. The Balaban J connectivity index is 1.69. The number of hydrogen-bond donors (Lipinski definition) is 2. The molecule has 32 heavy (non-hydrogen) atoms. The molecule has 2 atom stereocenters. The number of nitrogens with one attached hydrogen (secondary N) is 1. The van der Waals surface area contributed by atoms with Crippen LogP contribution in [0.2, 0.25) is 0 Å². The van der Waals surface area contributed by atoms with Crippen molar-refractivity contribution < 1.29 is 35.9 Å². The normalized spacial score (nSPS) is 18.1. The molecule has 0 saturated carbocycles. The average molecular weight is 475 g/mol. The van der Waals surface area contributed by atoms with Gasteiger partial charge in [0.15, 0.2) is 5.67 Å². The molecule has 0 radical (unpaired) electrons. The molecule has 1 aromatic heterocycles. The minimum absolute atomic E-state index is 0.105. The number of aliphatic hydroxyl groups excluding tert-OH is 1. The highest BCUT2D eigenvalue weighted by Crippen LogP contribution is 2.37. The molecule has 1 aliphatic heterocycles. The summed E-state index contributed by atoms with van der Waals surface area (Å²) in [6.07, 6.45) is -2.45. The fourth-order valence-electron chi connectivity index (χ4n) is 3.29. The number of amides is 1. The summed E-state index contributed by atoms with van der Waals surface area (Å²) in [5, 5.41) is 12.0. The Morgan fingerprint density at radius 3 is 2.25 bits per heavy atom. The van der Waals surface area contributed by atoms with Gasteiger partial charge in [0.2, 0.25) is 10.0 Å². The molecule has 1 fully saturated rings. The second-order valence-corrected chi connectivity index (χ2v) is 9.55. The highest BCUT2D eigenvalue weighted by atomic mass is 32.2. The third-order valence-corrected chi connectivity index (χ3v) is 6.40. The number of aromatic nitrogens is 1. The van der Waals surface area contributed by atoms with Crippen LogP contribution in [0.3, 0.4) is 0 Å². The molecule has 0 unspecified atom stereocenters. The van der Waals surface area contributed by atoms with Crippen LogP contribution in [0.4, 0.5) is 17.6 Å². The van der Waals surface area contributed by atoms with Crippen molar-refractivity contribution >= 4 is 15.9 Å². The molecule has 1 aromatic carbocycles. The van der Waals surface area contributed by atoms with E-state index in [0.717, 1.165) is 10.6 Å². The van der Waals surface area contributed by atoms with Crippen LogP contribution < -0.4 is 5.32 Å². The smallest absolute Gasteiger partial charge is 0.315 e. The van der Waals surface area contributed by atoms with Gasteiger partial charge in [0.25, 0.3) is 5.91 Å². The van der Waals surface area contributed by atoms with E-state index in [-0.39, 0.29) is 24.3 Å². The summed E-state index contributed by atoms with van der Waals surface area (Å²) in [4.78, 5) is 15.2. The zero-order valence-corrected chi connectivity index (χ0v) is 17.7. The second-order valence-electron chi connectivity index (χ2n) is 7.57. The molecule has 3 rings (SSSR count). The number of benzene rings is 1. The number of carbonyl (C=O) groups excluding carboxylic acids is 1. The van der Waals surface area contributed by atoms with Crippen LogP contribution in [-0.4, -0.2) is 67.2 Å². The van der Waals surface area contributed by atoms with Crippen molar-refractivity contribution in [3.05, 3.63) is 53.9 Å². The van der Waals surface area contributed by atoms with Crippen molar-refractivity contribution in [2.24, 2.45) is 0 Å². The van der Waals surface area contributed by atoms with Gasteiger partial charge in [-0.3, -0.25) is 9.78 Å². The summed E-state index contributed by atoms with van der Waals surface area (Å²) < 4.78 is 76.6. The Morgan fingerprint density at radius 2 is 1.78 bits per heavy atom. The Kier molecular flexibility index (Phi) is 6.86. The maximum absolute atomic E-state index is 14.8. The van der Waals surface area contributed by atoms with Crippen molar-refractivity contribution in [2.75, 3.05) is 26.0 Å². The minimum Gasteiger partial charge on any atom is -0.386 e. The molecular formula is C20H21F4N3O4S. The zero-order chi connectivity index (χ0) is 23.7. The van der Waals surface area contributed by atoms with Gasteiger partial charge in [-0.2, -0.15) is 13.1 Å². The van der Waals surface area contributed by atoms with Crippen LogP contribution >= 0.6 is 0 Å². The lowest BCUT2D eigenvalue weighted by Gasteiger charge is -2.42. The highest BCUT2D eigenvalue weighted by Gasteiger charge is 2.49. The standard InChI is InChI=1S/C20H21F4N3O4S/c1-32(30,31)27-10-20(24,11-27)16-7-6-14(9-25-16)12-2-4-13(5-3-12)17(28)15(8-21)26-19(29)18(22)23/h2-7,9,15,17-18,28H,8,10-11H2,1H3,(H,26,29)/t15-,17-/m1/s1. The number of alkyl halides is 4. The van der Waals surface area contributed by atoms with Crippen LogP contribution in [0.1, 0.15) is 17.4 Å². The van der Waals surface area contributed by atoms with Gasteiger partial charge in [-0.1, -0.05) is 30.3 Å². The topological polar surface area (TPSA) is 99.6 Å². The Bertz CT molecular complexity index is 1060. The predicted octanol–water partition coefficient (Wildman–Crippen LogP) is 1.94. The number of hydrogen-bond acceptors (Lipinski definition) is 5. The van der Waals surface area contributed by atoms with E-state index in [1.165, 1.54) is 24.4 Å². The number of carbonyl (C=O) groups is 1. The molecule has 1 aliphatic rings. The summed E-state index contributed by atoms with van der Waals surface area (Å²) in [5.41, 5.74) is -0.319. The zero-order valence-electron chi connectivity index (χ0n) is 16.9. The van der Waals surface area contributed by atoms with Crippen LogP contribution in [0.15, 0.2) is 42.6 Å². The van der Waals surface area contributed by atoms with Gasteiger partial charge in [-0.25, -0.2) is 17.2 Å². The van der Waals surface area contributed by atoms with Gasteiger partial charge in [0.1, 0.15) is 12.8 Å². The Hall–Kier alpha value is -2.57. The molecule has 2 heterocycles. The first-order valence-corrected chi connectivity index (χ1v) is 11.3. The molecule has 1 saturated heterocycles. The summed E-state index contributed by atoms with van der Waals surface area (Å²) in [7, 11) is -3.47. The fraction of sp³-hybridized carbons (Fsp3) is 0.400. The van der Waals surface area contributed by atoms with Crippen LogP contribution in [0, 0.1) is 0 Å². The number of aliphatic hydroxyl groups is 1. The molecule has 2 N–H and O–H groups in total. The van der Waals surface area contributed by atoms with E-state index in [1.54, 1.807) is 23.5 Å². The number of rotatable bonds is 8. The van der Waals surface area contributed by atoms with E-state index in [2.05, 4.69) is 4.98 Å². The SMILES string of the molecule is CS(=O)(=O)N1CC(F)(c2ccc(-c3ccc([C@@H](O)[C@@H](CF)NC(=O)C(F)F)cc3)cn2)C1. The second kappa shape index (κ2) is 9.12. The lowest BCUT2D eigenvalue weighted by atomic mass is 9.93.